The van der Waals surface area contributed by atoms with E-state index >= 15 is 0 Å². The molecule has 1 aromatic carbocycles. The molecule has 0 saturated heterocycles. The first-order valence-corrected chi connectivity index (χ1v) is 5.62. The van der Waals surface area contributed by atoms with Crippen molar-refractivity contribution in [3.63, 3.8) is 0 Å². The van der Waals surface area contributed by atoms with E-state index in [1.54, 1.807) is 6.92 Å². The van der Waals surface area contributed by atoms with Gasteiger partial charge in [0.15, 0.2) is 0 Å². The summed E-state index contributed by atoms with van der Waals surface area (Å²) in [4.78, 5) is 4.37. The van der Waals surface area contributed by atoms with Gasteiger partial charge in [0.25, 0.3) is 0 Å². The van der Waals surface area contributed by atoms with Crippen LogP contribution in [0, 0.1) is 6.92 Å². The van der Waals surface area contributed by atoms with Crippen molar-refractivity contribution in [2.45, 2.75) is 39.8 Å². The molecule has 0 aliphatic heterocycles. The summed E-state index contributed by atoms with van der Waals surface area (Å²) in [6.07, 6.45) is -2.65. The molecule has 0 aliphatic rings. The minimum absolute atomic E-state index is 0.555. The van der Waals surface area contributed by atoms with Crippen molar-refractivity contribution in [1.29, 1.82) is 0 Å². The van der Waals surface area contributed by atoms with Gasteiger partial charge in [0.1, 0.15) is 0 Å². The maximum Gasteiger partial charge on any atom is 0.416 e. The SMILES string of the molecule is CCC(CC)=Nc1ccc(C(F)(F)F)cc1C. The first-order valence-electron chi connectivity index (χ1n) is 5.62. The van der Waals surface area contributed by atoms with Crippen molar-refractivity contribution < 1.29 is 13.2 Å². The van der Waals surface area contributed by atoms with Gasteiger partial charge >= 0.3 is 6.18 Å². The Morgan fingerprint density at radius 3 is 2.18 bits per heavy atom. The first kappa shape index (κ1) is 13.7. The molecule has 4 heteroatoms. The van der Waals surface area contributed by atoms with Crippen LogP contribution in [0.3, 0.4) is 0 Å². The Morgan fingerprint density at radius 2 is 1.76 bits per heavy atom. The normalized spacial score (nSPS) is 11.4. The van der Waals surface area contributed by atoms with Gasteiger partial charge in [-0.2, -0.15) is 13.2 Å². The van der Waals surface area contributed by atoms with Gasteiger partial charge in [0.2, 0.25) is 0 Å². The van der Waals surface area contributed by atoms with Crippen molar-refractivity contribution in [2.75, 3.05) is 0 Å². The molecular weight excluding hydrogens is 227 g/mol. The van der Waals surface area contributed by atoms with Gasteiger partial charge in [-0.1, -0.05) is 13.8 Å². The molecule has 0 atom stereocenters. The number of alkyl halides is 3. The van der Waals surface area contributed by atoms with Crippen LogP contribution in [-0.2, 0) is 6.18 Å². The summed E-state index contributed by atoms with van der Waals surface area (Å²) < 4.78 is 37.4. The smallest absolute Gasteiger partial charge is 0.258 e. The molecule has 0 spiro atoms. The fourth-order valence-electron chi connectivity index (χ4n) is 1.54. The summed E-state index contributed by atoms with van der Waals surface area (Å²) in [5.41, 5.74) is 1.55. The fraction of sp³-hybridized carbons (Fsp3) is 0.462. The second kappa shape index (κ2) is 5.34. The zero-order chi connectivity index (χ0) is 13.1. The Morgan fingerprint density at radius 1 is 1.18 bits per heavy atom. The van der Waals surface area contributed by atoms with Crippen molar-refractivity contribution in [1.82, 2.24) is 0 Å². The maximum absolute atomic E-state index is 12.5. The average Bonchev–Trinajstić information content (AvgIpc) is 2.26. The third-order valence-corrected chi connectivity index (χ3v) is 2.62. The van der Waals surface area contributed by atoms with Crippen LogP contribution >= 0.6 is 0 Å². The quantitative estimate of drug-likeness (QED) is 0.669. The molecule has 0 aliphatic carbocycles. The highest BCUT2D eigenvalue weighted by atomic mass is 19.4. The summed E-state index contributed by atoms with van der Waals surface area (Å²) in [6.45, 7) is 5.63. The third-order valence-electron chi connectivity index (χ3n) is 2.62. The topological polar surface area (TPSA) is 12.4 Å². The van der Waals surface area contributed by atoms with E-state index in [4.69, 9.17) is 0 Å². The predicted molar refractivity (Wildman–Crippen MR) is 63.9 cm³/mol. The number of rotatable bonds is 3. The Hall–Kier alpha value is -1.32. The Balaban J connectivity index is 3.10. The molecule has 1 nitrogen and oxygen atoms in total. The summed E-state index contributed by atoms with van der Waals surface area (Å²) in [5.74, 6) is 0. The Labute approximate surface area is 99.4 Å². The highest BCUT2D eigenvalue weighted by molar-refractivity contribution is 5.86. The van der Waals surface area contributed by atoms with Crippen LogP contribution in [0.5, 0.6) is 0 Å². The van der Waals surface area contributed by atoms with Gasteiger partial charge < -0.3 is 0 Å². The van der Waals surface area contributed by atoms with Crippen LogP contribution in [-0.4, -0.2) is 5.71 Å². The Kier molecular flexibility index (Phi) is 4.32. The van der Waals surface area contributed by atoms with Crippen LogP contribution in [0.25, 0.3) is 0 Å². The van der Waals surface area contributed by atoms with Gasteiger partial charge in [-0.15, -0.1) is 0 Å². The lowest BCUT2D eigenvalue weighted by Gasteiger charge is -2.09. The van der Waals surface area contributed by atoms with Crippen molar-refractivity contribution in [3.8, 4) is 0 Å². The zero-order valence-corrected chi connectivity index (χ0v) is 10.2. The molecule has 94 valence electrons. The fourth-order valence-corrected chi connectivity index (χ4v) is 1.54. The van der Waals surface area contributed by atoms with Crippen molar-refractivity contribution in [2.24, 2.45) is 4.99 Å². The van der Waals surface area contributed by atoms with E-state index < -0.39 is 11.7 Å². The van der Waals surface area contributed by atoms with Crippen LogP contribution in [0.4, 0.5) is 18.9 Å². The van der Waals surface area contributed by atoms with Gasteiger partial charge in [0, 0.05) is 5.71 Å². The molecule has 0 N–H and O–H groups in total. The highest BCUT2D eigenvalue weighted by Crippen LogP contribution is 2.32. The summed E-state index contributed by atoms with van der Waals surface area (Å²) >= 11 is 0. The summed E-state index contributed by atoms with van der Waals surface area (Å²) in [5, 5.41) is 0. The van der Waals surface area contributed by atoms with Crippen molar-refractivity contribution >= 4 is 11.4 Å². The van der Waals surface area contributed by atoms with E-state index in [9.17, 15) is 13.2 Å². The van der Waals surface area contributed by atoms with Gasteiger partial charge in [0.05, 0.1) is 11.3 Å². The molecule has 0 amide bonds. The lowest BCUT2D eigenvalue weighted by Crippen LogP contribution is -2.04. The molecule has 0 radical (unpaired) electrons. The molecule has 0 saturated carbocycles. The molecule has 0 aromatic heterocycles. The van der Waals surface area contributed by atoms with Gasteiger partial charge in [-0.3, -0.25) is 4.99 Å². The maximum atomic E-state index is 12.5. The standard InChI is InChI=1S/C13H16F3N/c1-4-11(5-2)17-12-7-6-10(8-9(12)3)13(14,15)16/h6-8H,4-5H2,1-3H3. The third kappa shape index (κ3) is 3.58. The predicted octanol–water partition coefficient (Wildman–Crippen LogP) is 4.91. The minimum atomic E-state index is -4.29. The second-order valence-electron chi connectivity index (χ2n) is 3.88. The average molecular weight is 243 g/mol. The molecule has 0 fully saturated rings. The van der Waals surface area contributed by atoms with E-state index in [2.05, 4.69) is 4.99 Å². The Bertz CT molecular complexity index is 413. The van der Waals surface area contributed by atoms with Crippen LogP contribution in [0.15, 0.2) is 23.2 Å². The lowest BCUT2D eigenvalue weighted by molar-refractivity contribution is -0.137. The lowest BCUT2D eigenvalue weighted by atomic mass is 10.1. The molecule has 0 unspecified atom stereocenters. The number of nitrogens with zero attached hydrogens (tertiary/aromatic N) is 1. The van der Waals surface area contributed by atoms with E-state index in [0.717, 1.165) is 30.7 Å². The number of benzene rings is 1. The molecular formula is C13H16F3N. The van der Waals surface area contributed by atoms with Crippen LogP contribution < -0.4 is 0 Å². The van der Waals surface area contributed by atoms with E-state index in [0.29, 0.717) is 11.3 Å². The van der Waals surface area contributed by atoms with Crippen LogP contribution in [0.1, 0.15) is 37.8 Å². The molecule has 1 rings (SSSR count). The van der Waals surface area contributed by atoms with E-state index in [1.807, 2.05) is 13.8 Å². The van der Waals surface area contributed by atoms with Gasteiger partial charge in [-0.05, 0) is 43.5 Å². The minimum Gasteiger partial charge on any atom is -0.258 e. The number of aliphatic imine (C=N–C) groups is 1. The highest BCUT2D eigenvalue weighted by Gasteiger charge is 2.30. The summed E-state index contributed by atoms with van der Waals surface area (Å²) in [6, 6.07) is 3.65. The zero-order valence-electron chi connectivity index (χ0n) is 10.2. The first-order chi connectivity index (χ1) is 7.88. The molecule has 17 heavy (non-hydrogen) atoms. The number of hydrogen-bond acceptors (Lipinski definition) is 1. The van der Waals surface area contributed by atoms with Crippen molar-refractivity contribution in [3.05, 3.63) is 29.3 Å². The molecule has 0 bridgehead atoms. The number of halogens is 3. The van der Waals surface area contributed by atoms with Crippen LogP contribution in [0.2, 0.25) is 0 Å². The van der Waals surface area contributed by atoms with E-state index in [-0.39, 0.29) is 0 Å². The monoisotopic (exact) mass is 243 g/mol. The van der Waals surface area contributed by atoms with E-state index in [1.165, 1.54) is 6.07 Å². The largest absolute Gasteiger partial charge is 0.416 e. The molecule has 0 heterocycles. The molecule has 1 aromatic rings. The second-order valence-corrected chi connectivity index (χ2v) is 3.88. The van der Waals surface area contributed by atoms with Gasteiger partial charge in [-0.25, -0.2) is 0 Å². The number of hydrogen-bond donors (Lipinski definition) is 0. The number of aryl methyl sites for hydroxylation is 1. The summed E-state index contributed by atoms with van der Waals surface area (Å²) in [7, 11) is 0.